The number of likely N-dealkylation sites (N-methyl/N-ethyl adjacent to an activating group) is 1. The van der Waals surface area contributed by atoms with Gasteiger partial charge in [-0.1, -0.05) is 27.7 Å². The summed E-state index contributed by atoms with van der Waals surface area (Å²) in [6, 6.07) is 2.25. The van der Waals surface area contributed by atoms with E-state index in [-0.39, 0.29) is 0 Å². The predicted octanol–water partition coefficient (Wildman–Crippen LogP) is 2.69. The van der Waals surface area contributed by atoms with Crippen molar-refractivity contribution in [1.29, 1.82) is 0 Å². The predicted molar refractivity (Wildman–Crippen MR) is 69.0 cm³/mol. The normalized spacial score (nSPS) is 12.1. The molecule has 1 aromatic heterocycles. The van der Waals surface area contributed by atoms with Crippen LogP contribution in [0.5, 0.6) is 0 Å². The molecule has 0 bridgehead atoms. The molecule has 0 aliphatic heterocycles. The van der Waals surface area contributed by atoms with Crippen molar-refractivity contribution in [2.75, 3.05) is 20.6 Å². The Kier molecular flexibility index (Phi) is 4.54. The molecule has 0 unspecified atom stereocenters. The zero-order valence-corrected chi connectivity index (χ0v) is 11.5. The van der Waals surface area contributed by atoms with Gasteiger partial charge in [-0.3, -0.25) is 4.68 Å². The maximum atomic E-state index is 4.69. The molecule has 0 aromatic carbocycles. The zero-order valence-electron chi connectivity index (χ0n) is 11.5. The highest BCUT2D eigenvalue weighted by atomic mass is 15.3. The molecule has 1 heterocycles. The topological polar surface area (TPSA) is 21.1 Å². The first-order valence-corrected chi connectivity index (χ1v) is 6.14. The van der Waals surface area contributed by atoms with Crippen LogP contribution in [0.4, 0.5) is 0 Å². The van der Waals surface area contributed by atoms with E-state index in [0.717, 1.165) is 13.1 Å². The molecule has 0 fully saturated rings. The summed E-state index contributed by atoms with van der Waals surface area (Å²) >= 11 is 0. The van der Waals surface area contributed by atoms with Gasteiger partial charge in [0, 0.05) is 12.2 Å². The summed E-state index contributed by atoms with van der Waals surface area (Å²) in [5.41, 5.74) is 2.56. The van der Waals surface area contributed by atoms with Crippen LogP contribution >= 0.6 is 0 Å². The molecule has 0 amide bonds. The summed E-state index contributed by atoms with van der Waals surface area (Å²) in [5, 5.41) is 4.69. The number of nitrogens with zero attached hydrogens (tertiary/aromatic N) is 3. The second-order valence-electron chi connectivity index (χ2n) is 5.33. The molecule has 1 rings (SSSR count). The Morgan fingerprint density at radius 2 is 1.81 bits per heavy atom. The summed E-state index contributed by atoms with van der Waals surface area (Å²) < 4.78 is 2.17. The lowest BCUT2D eigenvalue weighted by Gasteiger charge is -2.13. The highest BCUT2D eigenvalue weighted by Gasteiger charge is 2.12. The van der Waals surface area contributed by atoms with Gasteiger partial charge in [-0.2, -0.15) is 5.10 Å². The minimum Gasteiger partial charge on any atom is -0.308 e. The van der Waals surface area contributed by atoms with Crippen LogP contribution < -0.4 is 0 Å². The summed E-state index contributed by atoms with van der Waals surface area (Å²) in [6.45, 7) is 10.9. The van der Waals surface area contributed by atoms with Crippen LogP contribution in [0.2, 0.25) is 0 Å². The maximum Gasteiger partial charge on any atom is 0.0653 e. The Bertz CT molecular complexity index is 324. The first-order valence-electron chi connectivity index (χ1n) is 6.14. The van der Waals surface area contributed by atoms with E-state index in [1.807, 2.05) is 0 Å². The van der Waals surface area contributed by atoms with Crippen LogP contribution in [0.1, 0.15) is 50.9 Å². The van der Waals surface area contributed by atoms with Crippen molar-refractivity contribution in [3.8, 4) is 0 Å². The molecular weight excluding hydrogens is 198 g/mol. The molecule has 0 aliphatic carbocycles. The fourth-order valence-electron chi connectivity index (χ4n) is 1.67. The van der Waals surface area contributed by atoms with Crippen molar-refractivity contribution in [2.24, 2.45) is 0 Å². The van der Waals surface area contributed by atoms with Crippen molar-refractivity contribution in [3.63, 3.8) is 0 Å². The van der Waals surface area contributed by atoms with E-state index < -0.39 is 0 Å². The lowest BCUT2D eigenvalue weighted by atomic mass is 10.1. The van der Waals surface area contributed by atoms with Gasteiger partial charge in [0.25, 0.3) is 0 Å². The molecular formula is C13H25N3. The summed E-state index contributed by atoms with van der Waals surface area (Å²) in [6.07, 6.45) is 0. The van der Waals surface area contributed by atoms with Gasteiger partial charge < -0.3 is 4.90 Å². The highest BCUT2D eigenvalue weighted by Crippen LogP contribution is 2.20. The number of rotatable bonds is 5. The Hall–Kier alpha value is -0.830. The minimum absolute atomic E-state index is 0.512. The van der Waals surface area contributed by atoms with E-state index in [4.69, 9.17) is 5.10 Å². The number of aromatic nitrogens is 2. The fraction of sp³-hybridized carbons (Fsp3) is 0.769. The Morgan fingerprint density at radius 3 is 2.25 bits per heavy atom. The van der Waals surface area contributed by atoms with Crippen LogP contribution in [0.15, 0.2) is 6.07 Å². The largest absolute Gasteiger partial charge is 0.308 e. The molecule has 0 radical (unpaired) electrons. The van der Waals surface area contributed by atoms with Gasteiger partial charge >= 0.3 is 0 Å². The third-order valence-electron chi connectivity index (χ3n) is 2.77. The molecule has 3 nitrogen and oxygen atoms in total. The SMILES string of the molecule is CC(C)c1cc(C(C)C)n(CCN(C)C)n1. The third-order valence-corrected chi connectivity index (χ3v) is 2.77. The molecule has 0 atom stereocenters. The zero-order chi connectivity index (χ0) is 12.3. The van der Waals surface area contributed by atoms with Crippen molar-refractivity contribution in [3.05, 3.63) is 17.5 Å². The summed E-state index contributed by atoms with van der Waals surface area (Å²) in [7, 11) is 4.20. The lowest BCUT2D eigenvalue weighted by molar-refractivity contribution is 0.367. The molecule has 0 N–H and O–H groups in total. The van der Waals surface area contributed by atoms with E-state index in [9.17, 15) is 0 Å². The number of hydrogen-bond acceptors (Lipinski definition) is 2. The summed E-state index contributed by atoms with van der Waals surface area (Å²) in [5.74, 6) is 1.06. The fourth-order valence-corrected chi connectivity index (χ4v) is 1.67. The smallest absolute Gasteiger partial charge is 0.0653 e. The van der Waals surface area contributed by atoms with E-state index >= 15 is 0 Å². The molecule has 0 spiro atoms. The van der Waals surface area contributed by atoms with Crippen LogP contribution in [-0.4, -0.2) is 35.3 Å². The Labute approximate surface area is 99.4 Å². The van der Waals surface area contributed by atoms with E-state index in [1.165, 1.54) is 11.4 Å². The standard InChI is InChI=1S/C13H25N3/c1-10(2)12-9-13(11(3)4)16(14-12)8-7-15(5)6/h9-11H,7-8H2,1-6H3. The van der Waals surface area contributed by atoms with Crippen molar-refractivity contribution >= 4 is 0 Å². The third kappa shape index (κ3) is 3.34. The van der Waals surface area contributed by atoms with Gasteiger partial charge in [-0.25, -0.2) is 0 Å². The maximum absolute atomic E-state index is 4.69. The van der Waals surface area contributed by atoms with Gasteiger partial charge in [-0.15, -0.1) is 0 Å². The Balaban J connectivity index is 2.87. The molecule has 16 heavy (non-hydrogen) atoms. The van der Waals surface area contributed by atoms with Gasteiger partial charge in [0.1, 0.15) is 0 Å². The monoisotopic (exact) mass is 223 g/mol. The lowest BCUT2D eigenvalue weighted by Crippen LogP contribution is -2.20. The van der Waals surface area contributed by atoms with Crippen LogP contribution in [0.3, 0.4) is 0 Å². The quantitative estimate of drug-likeness (QED) is 0.765. The summed E-state index contributed by atoms with van der Waals surface area (Å²) in [4.78, 5) is 2.20. The average molecular weight is 223 g/mol. The van der Waals surface area contributed by atoms with Crippen LogP contribution in [0, 0.1) is 0 Å². The van der Waals surface area contributed by atoms with Gasteiger partial charge in [-0.05, 0) is 32.0 Å². The molecule has 92 valence electrons. The van der Waals surface area contributed by atoms with Crippen molar-refractivity contribution in [1.82, 2.24) is 14.7 Å². The molecule has 3 heteroatoms. The van der Waals surface area contributed by atoms with E-state index in [2.05, 4.69) is 57.4 Å². The van der Waals surface area contributed by atoms with Crippen molar-refractivity contribution < 1.29 is 0 Å². The minimum atomic E-state index is 0.512. The second-order valence-corrected chi connectivity index (χ2v) is 5.33. The van der Waals surface area contributed by atoms with Gasteiger partial charge in [0.2, 0.25) is 0 Å². The van der Waals surface area contributed by atoms with Crippen LogP contribution in [-0.2, 0) is 6.54 Å². The first kappa shape index (κ1) is 13.2. The molecule has 0 saturated heterocycles. The molecule has 1 aromatic rings. The first-order chi connectivity index (χ1) is 7.41. The number of hydrogen-bond donors (Lipinski definition) is 0. The van der Waals surface area contributed by atoms with E-state index in [0.29, 0.717) is 11.8 Å². The van der Waals surface area contributed by atoms with Crippen LogP contribution in [0.25, 0.3) is 0 Å². The molecule has 0 saturated carbocycles. The average Bonchev–Trinajstić information content (AvgIpc) is 2.58. The molecule has 0 aliphatic rings. The highest BCUT2D eigenvalue weighted by molar-refractivity contribution is 5.16. The van der Waals surface area contributed by atoms with E-state index in [1.54, 1.807) is 0 Å². The second kappa shape index (κ2) is 5.48. The Morgan fingerprint density at radius 1 is 1.19 bits per heavy atom. The van der Waals surface area contributed by atoms with Gasteiger partial charge in [0.05, 0.1) is 12.2 Å². The van der Waals surface area contributed by atoms with Gasteiger partial charge in [0.15, 0.2) is 0 Å². The van der Waals surface area contributed by atoms with Crippen molar-refractivity contribution in [2.45, 2.75) is 46.1 Å².